The minimum absolute atomic E-state index is 0.0483. The second-order valence-electron chi connectivity index (χ2n) is 8.55. The van der Waals surface area contributed by atoms with Crippen LogP contribution in [0.1, 0.15) is 5.69 Å². The Morgan fingerprint density at radius 2 is 2.08 bits per heavy atom. The van der Waals surface area contributed by atoms with Gasteiger partial charge in [-0.1, -0.05) is 17.3 Å². The van der Waals surface area contributed by atoms with E-state index in [1.165, 1.54) is 29.3 Å². The number of pyridine rings is 1. The molecule has 1 unspecified atom stereocenters. The molecule has 0 radical (unpaired) electrons. The van der Waals surface area contributed by atoms with Crippen LogP contribution in [0.15, 0.2) is 69.3 Å². The molecular formula is C24H20N6O7S2. The summed E-state index contributed by atoms with van der Waals surface area (Å²) in [6.45, 7) is 0.358. The van der Waals surface area contributed by atoms with Crippen molar-refractivity contribution in [3.05, 3.63) is 75.3 Å². The number of hydrogen-bond acceptors (Lipinski definition) is 11. The standard InChI is InChI=1S/C24H20N6O7S2/c25-24-26-14(10-39-24)17(28-37)20(33)27-18-21(34)30-19(23(35)36)12(9-38-22(18)30)2-1-4-29-5-3-11-6-15(31)16(32)7-13(11)8-29/h1-3,5-8,10,18,22,32,37H,4,9H2,(H2,25,26)(H,27,33)(H,35,36)/b2-1+,28-17-/t18?,22-/m0/s1. The molecule has 2 amide bonds. The zero-order valence-electron chi connectivity index (χ0n) is 19.8. The third-order valence-corrected chi connectivity index (χ3v) is 8.09. The van der Waals surface area contributed by atoms with E-state index >= 15 is 0 Å². The number of rotatable bonds is 7. The second-order valence-corrected chi connectivity index (χ2v) is 10.5. The highest BCUT2D eigenvalue weighted by atomic mass is 32.2. The van der Waals surface area contributed by atoms with Gasteiger partial charge >= 0.3 is 5.97 Å². The summed E-state index contributed by atoms with van der Waals surface area (Å²) >= 11 is 2.33. The Labute approximate surface area is 227 Å². The van der Waals surface area contributed by atoms with E-state index in [1.807, 2.05) is 0 Å². The van der Waals surface area contributed by atoms with Crippen molar-refractivity contribution in [2.24, 2.45) is 5.16 Å². The molecule has 0 bridgehead atoms. The molecule has 4 aliphatic rings. The molecule has 6 N–H and O–H groups in total. The SMILES string of the molecule is Nc1nc(/C(=N/O)C(=O)NC2C(=O)N3C(C(=O)O)=C(/C=C/Cn4ccc5cc(=O)c(O)cc-5c4)CS[C@@H]23)cs1. The van der Waals surface area contributed by atoms with Crippen LogP contribution in [-0.4, -0.2) is 70.5 Å². The van der Waals surface area contributed by atoms with E-state index in [1.54, 1.807) is 35.2 Å². The molecule has 39 heavy (non-hydrogen) atoms. The lowest BCUT2D eigenvalue weighted by Gasteiger charge is -2.49. The number of carbonyl (C=O) groups excluding carboxylic acids is 2. The molecule has 15 heteroatoms. The van der Waals surface area contributed by atoms with Gasteiger partial charge in [-0.3, -0.25) is 19.3 Å². The summed E-state index contributed by atoms with van der Waals surface area (Å²) in [6.07, 6.45) is 6.86. The van der Waals surface area contributed by atoms with Gasteiger partial charge in [-0.2, -0.15) is 0 Å². The maximum absolute atomic E-state index is 12.9. The van der Waals surface area contributed by atoms with Crippen molar-refractivity contribution in [3.8, 4) is 16.9 Å². The maximum atomic E-state index is 12.9. The van der Waals surface area contributed by atoms with Crippen molar-refractivity contribution in [2.45, 2.75) is 18.0 Å². The molecule has 2 atom stereocenters. The Balaban J connectivity index is 1.30. The van der Waals surface area contributed by atoms with E-state index in [0.717, 1.165) is 16.2 Å². The molecule has 3 aliphatic heterocycles. The molecule has 1 aliphatic carbocycles. The van der Waals surface area contributed by atoms with Gasteiger partial charge in [0.1, 0.15) is 22.8 Å². The number of phenols is 1. The number of allylic oxidation sites excluding steroid dienone is 2. The smallest absolute Gasteiger partial charge is 0.352 e. The molecule has 13 nitrogen and oxygen atoms in total. The number of carbonyl (C=O) groups is 3. The van der Waals surface area contributed by atoms with Crippen LogP contribution in [0.2, 0.25) is 0 Å². The topological polar surface area (TPSA) is 200 Å². The molecule has 200 valence electrons. The van der Waals surface area contributed by atoms with E-state index in [2.05, 4.69) is 15.5 Å². The predicted molar refractivity (Wildman–Crippen MR) is 143 cm³/mol. The van der Waals surface area contributed by atoms with Gasteiger partial charge in [-0.05, 0) is 29.3 Å². The van der Waals surface area contributed by atoms with Crippen molar-refractivity contribution in [1.82, 2.24) is 19.8 Å². The number of benzene rings is 1. The monoisotopic (exact) mass is 568 g/mol. The van der Waals surface area contributed by atoms with E-state index in [-0.39, 0.29) is 28.0 Å². The predicted octanol–water partition coefficient (Wildman–Crippen LogP) is 0.871. The number of aliphatic carboxylic acids is 1. The van der Waals surface area contributed by atoms with Crippen LogP contribution < -0.4 is 16.5 Å². The number of fused-ring (bicyclic) bond motifs is 2. The Kier molecular flexibility index (Phi) is 6.84. The maximum Gasteiger partial charge on any atom is 0.352 e. The summed E-state index contributed by atoms with van der Waals surface area (Å²) in [4.78, 5) is 54.3. The van der Waals surface area contributed by atoms with Crippen LogP contribution in [0.25, 0.3) is 11.1 Å². The van der Waals surface area contributed by atoms with Gasteiger partial charge in [0.15, 0.2) is 16.6 Å². The fraction of sp³-hybridized carbons (Fsp3) is 0.167. The highest BCUT2D eigenvalue weighted by Crippen LogP contribution is 2.40. The number of oxime groups is 1. The average Bonchev–Trinajstić information content (AvgIpc) is 3.33. The number of anilines is 1. The number of nitrogens with one attached hydrogen (secondary N) is 1. The number of β-lactam (4-membered cyclic amide) rings is 1. The number of hydrogen-bond donors (Lipinski definition) is 5. The van der Waals surface area contributed by atoms with E-state index in [9.17, 15) is 34.6 Å². The first-order valence-corrected chi connectivity index (χ1v) is 13.3. The summed E-state index contributed by atoms with van der Waals surface area (Å²) in [7, 11) is 0. The van der Waals surface area contributed by atoms with Crippen molar-refractivity contribution < 1.29 is 29.8 Å². The molecule has 0 spiro atoms. The van der Waals surface area contributed by atoms with Gasteiger partial charge in [0.25, 0.3) is 11.8 Å². The van der Waals surface area contributed by atoms with E-state index in [0.29, 0.717) is 23.2 Å². The summed E-state index contributed by atoms with van der Waals surface area (Å²) in [5.41, 5.74) is 6.32. The number of thioether (sulfide) groups is 1. The number of phenolic OH excluding ortho intramolecular Hbond substituents is 1. The fourth-order valence-corrected chi connectivity index (χ4v) is 6.14. The molecule has 1 aromatic rings. The Hall–Kier alpha value is -4.63. The first-order chi connectivity index (χ1) is 18.7. The molecule has 0 saturated carbocycles. The van der Waals surface area contributed by atoms with Crippen LogP contribution in [0.3, 0.4) is 0 Å². The molecule has 4 heterocycles. The number of nitrogens with two attached hydrogens (primary N) is 1. The lowest BCUT2D eigenvalue weighted by atomic mass is 10.0. The number of carboxylic acids is 1. The van der Waals surface area contributed by atoms with Crippen molar-refractivity contribution in [2.75, 3.05) is 11.5 Å². The van der Waals surface area contributed by atoms with Gasteiger partial charge in [0.2, 0.25) is 5.43 Å². The summed E-state index contributed by atoms with van der Waals surface area (Å²) in [5.74, 6) is -2.82. The molecule has 1 fully saturated rings. The van der Waals surface area contributed by atoms with Crippen LogP contribution in [0.5, 0.6) is 5.75 Å². The zero-order chi connectivity index (χ0) is 27.8. The summed E-state index contributed by atoms with van der Waals surface area (Å²) < 4.78 is 1.79. The normalized spacial score (nSPS) is 19.3. The van der Waals surface area contributed by atoms with Gasteiger partial charge in [0, 0.05) is 35.6 Å². The lowest BCUT2D eigenvalue weighted by Crippen LogP contribution is -2.71. The first kappa shape index (κ1) is 26.0. The third-order valence-electron chi connectivity index (χ3n) is 6.12. The van der Waals surface area contributed by atoms with Gasteiger partial charge in [0.05, 0.1) is 0 Å². The lowest BCUT2D eigenvalue weighted by molar-refractivity contribution is -0.150. The number of carboxylic acid groups (broad SMARTS) is 1. The zero-order valence-corrected chi connectivity index (χ0v) is 21.5. The third kappa shape index (κ3) is 4.84. The molecule has 1 aromatic heterocycles. The Morgan fingerprint density at radius 1 is 1.28 bits per heavy atom. The molecular weight excluding hydrogens is 548 g/mol. The Morgan fingerprint density at radius 3 is 2.77 bits per heavy atom. The van der Waals surface area contributed by atoms with Gasteiger partial charge in [-0.25, -0.2) is 9.78 Å². The highest BCUT2D eigenvalue weighted by molar-refractivity contribution is 8.00. The number of thiazole rings is 1. The van der Waals surface area contributed by atoms with Gasteiger partial charge < -0.3 is 31.0 Å². The van der Waals surface area contributed by atoms with Crippen LogP contribution in [0, 0.1) is 0 Å². The summed E-state index contributed by atoms with van der Waals surface area (Å²) in [5, 5.41) is 35.3. The quantitative estimate of drug-likeness (QED) is 0.118. The van der Waals surface area contributed by atoms with Crippen LogP contribution in [0.4, 0.5) is 5.13 Å². The highest BCUT2D eigenvalue weighted by Gasteiger charge is 2.54. The largest absolute Gasteiger partial charge is 0.504 e. The van der Waals surface area contributed by atoms with Crippen LogP contribution in [-0.2, 0) is 20.9 Å². The summed E-state index contributed by atoms with van der Waals surface area (Å²) in [6, 6.07) is 3.44. The minimum Gasteiger partial charge on any atom is -0.504 e. The minimum atomic E-state index is -1.28. The van der Waals surface area contributed by atoms with Crippen LogP contribution >= 0.6 is 23.1 Å². The second kappa shape index (κ2) is 10.3. The van der Waals surface area contributed by atoms with Crippen molar-refractivity contribution in [3.63, 3.8) is 0 Å². The molecule has 1 saturated heterocycles. The molecule has 5 rings (SSSR count). The number of aromatic nitrogens is 2. The number of aromatic hydroxyl groups is 1. The van der Waals surface area contributed by atoms with Crippen molar-refractivity contribution >= 4 is 51.7 Å². The average molecular weight is 569 g/mol. The number of nitrogen functional groups attached to an aromatic ring is 1. The van der Waals surface area contributed by atoms with E-state index < -0.39 is 40.3 Å². The Bertz CT molecular complexity index is 1620. The molecule has 0 aromatic carbocycles. The number of nitrogens with zero attached hydrogens (tertiary/aromatic N) is 4. The first-order valence-electron chi connectivity index (χ1n) is 11.3. The van der Waals surface area contributed by atoms with E-state index in [4.69, 9.17) is 5.73 Å². The number of amides is 2. The van der Waals surface area contributed by atoms with Gasteiger partial charge in [-0.15, -0.1) is 23.1 Å². The fourth-order valence-electron chi connectivity index (χ4n) is 4.27. The van der Waals surface area contributed by atoms with Crippen molar-refractivity contribution in [1.29, 1.82) is 0 Å².